The van der Waals surface area contributed by atoms with Crippen LogP contribution in [0.4, 0.5) is 0 Å². The highest BCUT2D eigenvalue weighted by atomic mass is 32.2. The zero-order valence-corrected chi connectivity index (χ0v) is 7.44. The first-order chi connectivity index (χ1) is 5.33. The lowest BCUT2D eigenvalue weighted by atomic mass is 10.4. The normalized spacial score (nSPS) is 13.3. The molecular weight excluding hydrogens is 182 g/mol. The molecule has 0 aromatic carbocycles. The van der Waals surface area contributed by atoms with Crippen LogP contribution in [0.15, 0.2) is 9.85 Å². The minimum atomic E-state index is -0.441. The molecule has 1 unspecified atom stereocenters. The average Bonchev–Trinajstić information content (AvgIpc) is 2.52. The fourth-order valence-corrected chi connectivity index (χ4v) is 1.92. The number of thioether (sulfide) groups is 1. The predicted octanol–water partition coefficient (Wildman–Crippen LogP) is -0.0502. The van der Waals surface area contributed by atoms with E-state index in [2.05, 4.69) is 10.2 Å². The molecule has 0 aliphatic heterocycles. The summed E-state index contributed by atoms with van der Waals surface area (Å²) >= 11 is 2.94. The van der Waals surface area contributed by atoms with Crippen molar-refractivity contribution < 1.29 is 5.11 Å². The van der Waals surface area contributed by atoms with Crippen LogP contribution in [0.1, 0.15) is 0 Å². The maximum atomic E-state index is 9.07. The molecule has 4 nitrogen and oxygen atoms in total. The van der Waals surface area contributed by atoms with Crippen molar-refractivity contribution >= 4 is 23.1 Å². The Morgan fingerprint density at radius 3 is 3.18 bits per heavy atom. The smallest absolute Gasteiger partial charge is 0.174 e. The fraction of sp³-hybridized carbons (Fsp3) is 0.600. The topological polar surface area (TPSA) is 72.0 Å². The minimum absolute atomic E-state index is 0.297. The Balaban J connectivity index is 2.23. The Morgan fingerprint density at radius 2 is 2.64 bits per heavy atom. The number of hydrogen-bond acceptors (Lipinski definition) is 6. The molecule has 6 heteroatoms. The quantitative estimate of drug-likeness (QED) is 0.653. The lowest BCUT2D eigenvalue weighted by Gasteiger charge is -2.03. The van der Waals surface area contributed by atoms with Gasteiger partial charge in [-0.3, -0.25) is 0 Å². The highest BCUT2D eigenvalue weighted by Crippen LogP contribution is 2.19. The molecule has 1 aromatic heterocycles. The molecule has 0 amide bonds. The molecule has 1 rings (SSSR count). The molecule has 1 aromatic rings. The molecule has 11 heavy (non-hydrogen) atoms. The molecule has 1 heterocycles. The highest BCUT2D eigenvalue weighted by molar-refractivity contribution is 8.01. The number of aliphatic hydroxyl groups excluding tert-OH is 1. The number of aliphatic hydroxyl groups is 1. The van der Waals surface area contributed by atoms with E-state index in [1.807, 2.05) is 0 Å². The monoisotopic (exact) mass is 191 g/mol. The van der Waals surface area contributed by atoms with E-state index >= 15 is 0 Å². The third-order valence-electron chi connectivity index (χ3n) is 1.01. The van der Waals surface area contributed by atoms with Crippen molar-refractivity contribution in [2.45, 2.75) is 10.4 Å². The van der Waals surface area contributed by atoms with E-state index in [-0.39, 0.29) is 0 Å². The van der Waals surface area contributed by atoms with Crippen LogP contribution in [0, 0.1) is 0 Å². The van der Waals surface area contributed by atoms with Crippen LogP contribution >= 0.6 is 23.1 Å². The highest BCUT2D eigenvalue weighted by Gasteiger charge is 2.03. The molecule has 0 saturated heterocycles. The largest absolute Gasteiger partial charge is 0.391 e. The fourth-order valence-electron chi connectivity index (χ4n) is 0.461. The average molecular weight is 191 g/mol. The summed E-state index contributed by atoms with van der Waals surface area (Å²) in [6.07, 6.45) is -0.441. The summed E-state index contributed by atoms with van der Waals surface area (Å²) in [6, 6.07) is 0. The number of aromatic nitrogens is 2. The minimum Gasteiger partial charge on any atom is -0.391 e. The van der Waals surface area contributed by atoms with Crippen LogP contribution in [0.5, 0.6) is 0 Å². The summed E-state index contributed by atoms with van der Waals surface area (Å²) in [4.78, 5) is 0. The van der Waals surface area contributed by atoms with E-state index < -0.39 is 6.10 Å². The first-order valence-electron chi connectivity index (χ1n) is 3.10. The second-order valence-electron chi connectivity index (χ2n) is 1.91. The van der Waals surface area contributed by atoms with Crippen molar-refractivity contribution in [3.05, 3.63) is 5.51 Å². The SMILES string of the molecule is NCC(O)CSc1nncs1. The number of hydrogen-bond donors (Lipinski definition) is 2. The van der Waals surface area contributed by atoms with Gasteiger partial charge >= 0.3 is 0 Å². The summed E-state index contributed by atoms with van der Waals surface area (Å²) in [5, 5.41) is 16.5. The van der Waals surface area contributed by atoms with Gasteiger partial charge in [0.25, 0.3) is 0 Å². The number of nitrogens with zero attached hydrogens (tertiary/aromatic N) is 2. The van der Waals surface area contributed by atoms with Gasteiger partial charge in [0.2, 0.25) is 0 Å². The third-order valence-corrected chi connectivity index (χ3v) is 3.02. The molecule has 0 radical (unpaired) electrons. The number of rotatable bonds is 4. The van der Waals surface area contributed by atoms with Crippen LogP contribution in [-0.2, 0) is 0 Å². The summed E-state index contributed by atoms with van der Waals surface area (Å²) in [5.74, 6) is 0.589. The molecule has 0 saturated carbocycles. The molecule has 1 atom stereocenters. The predicted molar refractivity (Wildman–Crippen MR) is 45.7 cm³/mol. The second-order valence-corrected chi connectivity index (χ2v) is 4.01. The Kier molecular flexibility index (Phi) is 3.78. The standard InChI is InChI=1S/C5H9N3OS2/c6-1-4(9)2-10-5-8-7-3-11-5/h3-4,9H,1-2,6H2. The van der Waals surface area contributed by atoms with E-state index in [0.29, 0.717) is 12.3 Å². The Bertz CT molecular complexity index is 192. The van der Waals surface area contributed by atoms with Crippen molar-refractivity contribution in [3.8, 4) is 0 Å². The van der Waals surface area contributed by atoms with E-state index in [1.54, 1.807) is 5.51 Å². The lowest BCUT2D eigenvalue weighted by Crippen LogP contribution is -2.21. The Labute approximate surface area is 72.8 Å². The van der Waals surface area contributed by atoms with Crippen molar-refractivity contribution in [2.75, 3.05) is 12.3 Å². The van der Waals surface area contributed by atoms with Crippen LogP contribution in [-0.4, -0.2) is 33.7 Å². The van der Waals surface area contributed by atoms with Crippen LogP contribution in [0.25, 0.3) is 0 Å². The van der Waals surface area contributed by atoms with Gasteiger partial charge in [0.05, 0.1) is 6.10 Å². The van der Waals surface area contributed by atoms with Gasteiger partial charge in [0.1, 0.15) is 5.51 Å². The zero-order chi connectivity index (χ0) is 8.10. The van der Waals surface area contributed by atoms with Crippen molar-refractivity contribution in [1.29, 1.82) is 0 Å². The first-order valence-corrected chi connectivity index (χ1v) is 4.96. The van der Waals surface area contributed by atoms with Gasteiger partial charge in [0.15, 0.2) is 4.34 Å². The van der Waals surface area contributed by atoms with E-state index in [1.165, 1.54) is 23.1 Å². The molecule has 62 valence electrons. The van der Waals surface area contributed by atoms with Gasteiger partial charge in [-0.2, -0.15) is 0 Å². The lowest BCUT2D eigenvalue weighted by molar-refractivity contribution is 0.208. The van der Waals surface area contributed by atoms with Gasteiger partial charge in [-0.05, 0) is 0 Å². The summed E-state index contributed by atoms with van der Waals surface area (Å²) in [7, 11) is 0. The molecule has 0 aliphatic carbocycles. The van der Waals surface area contributed by atoms with Gasteiger partial charge in [-0.1, -0.05) is 23.1 Å². The molecule has 0 spiro atoms. The van der Waals surface area contributed by atoms with Crippen LogP contribution < -0.4 is 5.73 Å². The molecule has 3 N–H and O–H groups in total. The summed E-state index contributed by atoms with van der Waals surface area (Å²) < 4.78 is 0.873. The van der Waals surface area contributed by atoms with E-state index in [0.717, 1.165) is 4.34 Å². The van der Waals surface area contributed by atoms with Crippen LogP contribution in [0.2, 0.25) is 0 Å². The van der Waals surface area contributed by atoms with E-state index in [9.17, 15) is 0 Å². The van der Waals surface area contributed by atoms with E-state index in [4.69, 9.17) is 10.8 Å². The van der Waals surface area contributed by atoms with Gasteiger partial charge in [-0.25, -0.2) is 0 Å². The third kappa shape index (κ3) is 3.15. The molecule has 0 aliphatic rings. The van der Waals surface area contributed by atoms with Crippen molar-refractivity contribution in [1.82, 2.24) is 10.2 Å². The van der Waals surface area contributed by atoms with Gasteiger partial charge < -0.3 is 10.8 Å². The second kappa shape index (κ2) is 4.66. The van der Waals surface area contributed by atoms with Gasteiger partial charge in [0, 0.05) is 12.3 Å². The maximum absolute atomic E-state index is 9.07. The van der Waals surface area contributed by atoms with Crippen molar-refractivity contribution in [2.24, 2.45) is 5.73 Å². The summed E-state index contributed by atoms with van der Waals surface area (Å²) in [6.45, 7) is 0.297. The Hall–Kier alpha value is -0.170. The molecular formula is C5H9N3OS2. The Morgan fingerprint density at radius 1 is 1.82 bits per heavy atom. The molecule has 0 bridgehead atoms. The molecule has 0 fully saturated rings. The maximum Gasteiger partial charge on any atom is 0.174 e. The zero-order valence-electron chi connectivity index (χ0n) is 5.80. The summed E-state index contributed by atoms with van der Waals surface area (Å²) in [5.41, 5.74) is 6.88. The first kappa shape index (κ1) is 8.92. The number of nitrogens with two attached hydrogens (primary N) is 1. The van der Waals surface area contributed by atoms with Gasteiger partial charge in [-0.15, -0.1) is 10.2 Å². The van der Waals surface area contributed by atoms with Crippen molar-refractivity contribution in [3.63, 3.8) is 0 Å². The van der Waals surface area contributed by atoms with Crippen LogP contribution in [0.3, 0.4) is 0 Å².